The Bertz CT molecular complexity index is 545. The van der Waals surface area contributed by atoms with Gasteiger partial charge in [-0.15, -0.1) is 12.4 Å². The van der Waals surface area contributed by atoms with Crippen LogP contribution in [-0.4, -0.2) is 29.3 Å². The van der Waals surface area contributed by atoms with Crippen LogP contribution in [0.1, 0.15) is 12.3 Å². The summed E-state index contributed by atoms with van der Waals surface area (Å²) in [5.74, 6) is 0.545. The number of halogens is 1. The highest BCUT2D eigenvalue weighted by Gasteiger charge is 2.16. The summed E-state index contributed by atoms with van der Waals surface area (Å²) in [5.41, 5.74) is 6.51. The maximum absolute atomic E-state index is 11.1. The number of ether oxygens (including phenoxy) is 1. The van der Waals surface area contributed by atoms with Gasteiger partial charge in [-0.05, 0) is 6.42 Å². The minimum absolute atomic E-state index is 0. The van der Waals surface area contributed by atoms with Crippen molar-refractivity contribution < 1.29 is 14.1 Å². The number of rotatable bonds is 5. The summed E-state index contributed by atoms with van der Waals surface area (Å²) in [5, 5.41) is 3.89. The lowest BCUT2D eigenvalue weighted by molar-refractivity contribution is -0.142. The van der Waals surface area contributed by atoms with E-state index in [0.717, 1.165) is 5.56 Å². The van der Waals surface area contributed by atoms with Gasteiger partial charge in [-0.25, -0.2) is 0 Å². The quantitative estimate of drug-likeness (QED) is 0.843. The molecule has 0 saturated carbocycles. The van der Waals surface area contributed by atoms with Gasteiger partial charge in [0.15, 0.2) is 0 Å². The topological polar surface area (TPSA) is 91.2 Å². The molecular weight excluding hydrogens is 282 g/mol. The molecule has 1 aromatic carbocycles. The van der Waals surface area contributed by atoms with Gasteiger partial charge < -0.3 is 15.0 Å². The number of carbonyl (C=O) groups is 1. The monoisotopic (exact) mass is 297 g/mol. The number of hydrogen-bond acceptors (Lipinski definition) is 6. The molecule has 20 heavy (non-hydrogen) atoms. The van der Waals surface area contributed by atoms with Gasteiger partial charge in [0.05, 0.1) is 7.11 Å². The molecule has 0 radical (unpaired) electrons. The first kappa shape index (κ1) is 16.1. The Morgan fingerprint density at radius 2 is 2.10 bits per heavy atom. The molecule has 7 heteroatoms. The van der Waals surface area contributed by atoms with Gasteiger partial charge in [0.2, 0.25) is 11.7 Å². The average Bonchev–Trinajstić information content (AvgIpc) is 2.93. The summed E-state index contributed by atoms with van der Waals surface area (Å²) in [6.45, 7) is 0. The molecule has 1 heterocycles. The standard InChI is InChI=1S/C13H15N3O3.ClH/c1-18-13(17)10(14)7-8-11-15-12(16-19-11)9-5-3-2-4-6-9;/h2-6,10H,7-8,14H2,1H3;1H/t10-;/m1./s1. The molecule has 2 aromatic rings. The number of hydrogen-bond donors (Lipinski definition) is 1. The van der Waals surface area contributed by atoms with Crippen LogP contribution in [0.5, 0.6) is 0 Å². The first-order valence-electron chi connectivity index (χ1n) is 5.92. The molecule has 2 N–H and O–H groups in total. The first-order chi connectivity index (χ1) is 9.20. The summed E-state index contributed by atoms with van der Waals surface area (Å²) in [6, 6.07) is 8.85. The van der Waals surface area contributed by atoms with Gasteiger partial charge in [-0.2, -0.15) is 4.98 Å². The fourth-order valence-electron chi connectivity index (χ4n) is 1.61. The number of benzene rings is 1. The number of aryl methyl sites for hydroxylation is 1. The fourth-order valence-corrected chi connectivity index (χ4v) is 1.61. The van der Waals surface area contributed by atoms with Crippen LogP contribution >= 0.6 is 12.4 Å². The third-order valence-corrected chi connectivity index (χ3v) is 2.67. The number of carbonyl (C=O) groups excluding carboxylic acids is 1. The highest BCUT2D eigenvalue weighted by atomic mass is 35.5. The number of aromatic nitrogens is 2. The van der Waals surface area contributed by atoms with Crippen molar-refractivity contribution in [1.82, 2.24) is 10.1 Å². The van der Waals surface area contributed by atoms with Crippen LogP contribution in [0.4, 0.5) is 0 Å². The molecule has 108 valence electrons. The fraction of sp³-hybridized carbons (Fsp3) is 0.308. The van der Waals surface area contributed by atoms with Gasteiger partial charge in [0.1, 0.15) is 6.04 Å². The molecule has 0 aliphatic rings. The lowest BCUT2D eigenvalue weighted by Gasteiger charge is -2.06. The predicted molar refractivity (Wildman–Crippen MR) is 75.3 cm³/mol. The van der Waals surface area contributed by atoms with Crippen LogP contribution in [0.3, 0.4) is 0 Å². The SMILES string of the molecule is COC(=O)[C@H](N)CCc1nc(-c2ccccc2)no1.Cl. The summed E-state index contributed by atoms with van der Waals surface area (Å²) in [4.78, 5) is 15.4. The van der Waals surface area contributed by atoms with Crippen LogP contribution < -0.4 is 5.73 Å². The van der Waals surface area contributed by atoms with Crippen LogP contribution in [0.2, 0.25) is 0 Å². The normalized spacial score (nSPS) is 11.5. The van der Waals surface area contributed by atoms with Crippen molar-refractivity contribution in [1.29, 1.82) is 0 Å². The number of methoxy groups -OCH3 is 1. The van der Waals surface area contributed by atoms with Crippen molar-refractivity contribution in [2.24, 2.45) is 5.73 Å². The van der Waals surface area contributed by atoms with E-state index in [1.165, 1.54) is 7.11 Å². The minimum atomic E-state index is -0.669. The Morgan fingerprint density at radius 1 is 1.40 bits per heavy atom. The van der Waals surface area contributed by atoms with Crippen molar-refractivity contribution in [3.8, 4) is 11.4 Å². The summed E-state index contributed by atoms with van der Waals surface area (Å²) >= 11 is 0. The Morgan fingerprint density at radius 3 is 2.75 bits per heavy atom. The molecule has 0 aliphatic heterocycles. The van der Waals surface area contributed by atoms with Gasteiger partial charge in [0, 0.05) is 12.0 Å². The molecule has 0 unspecified atom stereocenters. The lowest BCUT2D eigenvalue weighted by Crippen LogP contribution is -2.31. The van der Waals surface area contributed by atoms with E-state index in [1.807, 2.05) is 30.3 Å². The van der Waals surface area contributed by atoms with E-state index in [9.17, 15) is 4.79 Å². The van der Waals surface area contributed by atoms with E-state index in [4.69, 9.17) is 10.3 Å². The minimum Gasteiger partial charge on any atom is -0.468 e. The van der Waals surface area contributed by atoms with Crippen molar-refractivity contribution in [3.05, 3.63) is 36.2 Å². The van der Waals surface area contributed by atoms with Gasteiger partial charge in [-0.1, -0.05) is 35.5 Å². The van der Waals surface area contributed by atoms with Crippen molar-refractivity contribution in [2.45, 2.75) is 18.9 Å². The van der Waals surface area contributed by atoms with E-state index in [1.54, 1.807) is 0 Å². The zero-order chi connectivity index (χ0) is 13.7. The summed E-state index contributed by atoms with van der Waals surface area (Å²) < 4.78 is 9.66. The zero-order valence-electron chi connectivity index (χ0n) is 11.0. The number of nitrogens with two attached hydrogens (primary N) is 1. The number of nitrogens with zero attached hydrogens (tertiary/aromatic N) is 2. The molecule has 0 bridgehead atoms. The smallest absolute Gasteiger partial charge is 0.322 e. The lowest BCUT2D eigenvalue weighted by atomic mass is 10.1. The van der Waals surface area contributed by atoms with Gasteiger partial charge in [0.25, 0.3) is 0 Å². The second-order valence-electron chi connectivity index (χ2n) is 4.05. The first-order valence-corrected chi connectivity index (χ1v) is 5.92. The van der Waals surface area contributed by atoms with Crippen LogP contribution in [-0.2, 0) is 16.0 Å². The number of esters is 1. The van der Waals surface area contributed by atoms with Crippen molar-refractivity contribution >= 4 is 18.4 Å². The maximum Gasteiger partial charge on any atom is 0.322 e. The highest BCUT2D eigenvalue weighted by molar-refractivity contribution is 5.85. The van der Waals surface area contributed by atoms with Crippen LogP contribution in [0, 0.1) is 0 Å². The van der Waals surface area contributed by atoms with Crippen LogP contribution in [0.15, 0.2) is 34.9 Å². The third-order valence-electron chi connectivity index (χ3n) is 2.67. The largest absolute Gasteiger partial charge is 0.468 e. The van der Waals surface area contributed by atoms with E-state index < -0.39 is 12.0 Å². The molecule has 0 saturated heterocycles. The third kappa shape index (κ3) is 4.04. The summed E-state index contributed by atoms with van der Waals surface area (Å²) in [7, 11) is 1.31. The predicted octanol–water partition coefficient (Wildman–Crippen LogP) is 1.59. The Kier molecular flexibility index (Phi) is 6.14. The molecule has 0 fully saturated rings. The summed E-state index contributed by atoms with van der Waals surface area (Å²) in [6.07, 6.45) is 0.846. The van der Waals surface area contributed by atoms with E-state index >= 15 is 0 Å². The van der Waals surface area contributed by atoms with Crippen molar-refractivity contribution in [3.63, 3.8) is 0 Å². The zero-order valence-corrected chi connectivity index (χ0v) is 11.8. The van der Waals surface area contributed by atoms with Gasteiger partial charge >= 0.3 is 5.97 Å². The van der Waals surface area contributed by atoms with E-state index in [0.29, 0.717) is 24.6 Å². The molecule has 0 aliphatic carbocycles. The molecule has 2 rings (SSSR count). The Labute approximate surface area is 122 Å². The highest BCUT2D eigenvalue weighted by Crippen LogP contribution is 2.15. The molecule has 0 spiro atoms. The van der Waals surface area contributed by atoms with E-state index in [-0.39, 0.29) is 12.4 Å². The van der Waals surface area contributed by atoms with Crippen molar-refractivity contribution in [2.75, 3.05) is 7.11 Å². The van der Waals surface area contributed by atoms with E-state index in [2.05, 4.69) is 14.9 Å². The Hall–Kier alpha value is -1.92. The molecular formula is C13H16ClN3O3. The second kappa shape index (κ2) is 7.62. The average molecular weight is 298 g/mol. The maximum atomic E-state index is 11.1. The second-order valence-corrected chi connectivity index (χ2v) is 4.05. The molecule has 0 amide bonds. The Balaban J connectivity index is 0.00000200. The molecule has 1 aromatic heterocycles. The van der Waals surface area contributed by atoms with Crippen LogP contribution in [0.25, 0.3) is 11.4 Å². The molecule has 6 nitrogen and oxygen atoms in total. The molecule has 1 atom stereocenters. The van der Waals surface area contributed by atoms with Gasteiger partial charge in [-0.3, -0.25) is 4.79 Å².